The molecule has 0 atom stereocenters. The van der Waals surface area contributed by atoms with Crippen LogP contribution in [0.15, 0.2) is 41.4 Å². The molecule has 2 aromatic rings. The van der Waals surface area contributed by atoms with Crippen LogP contribution in [0.2, 0.25) is 0 Å². The Balaban J connectivity index is 2.06. The third kappa shape index (κ3) is 4.02. The number of primary amides is 1. The van der Waals surface area contributed by atoms with Gasteiger partial charge in [0.2, 0.25) is 5.91 Å². The SMILES string of the molecule is Cc1ccccc1CCC(=O)NS(=O)(=O)c1cc(C(N)=O)n(C)c1. The fourth-order valence-corrected chi connectivity index (χ4v) is 3.41. The number of sulfonamides is 1. The minimum atomic E-state index is -4.04. The van der Waals surface area contributed by atoms with Crippen molar-refractivity contribution in [3.05, 3.63) is 53.3 Å². The molecule has 0 aliphatic heterocycles. The zero-order valence-corrected chi connectivity index (χ0v) is 14.3. The molecule has 0 saturated carbocycles. The summed E-state index contributed by atoms with van der Waals surface area (Å²) < 4.78 is 27.7. The molecule has 0 aliphatic rings. The van der Waals surface area contributed by atoms with E-state index in [9.17, 15) is 18.0 Å². The Morgan fingerprint density at radius 3 is 2.50 bits per heavy atom. The van der Waals surface area contributed by atoms with E-state index in [1.54, 1.807) is 0 Å². The van der Waals surface area contributed by atoms with Crippen LogP contribution in [0, 0.1) is 6.92 Å². The van der Waals surface area contributed by atoms with Gasteiger partial charge in [0, 0.05) is 19.7 Å². The van der Waals surface area contributed by atoms with E-state index in [0.29, 0.717) is 6.42 Å². The molecule has 2 rings (SSSR count). The lowest BCUT2D eigenvalue weighted by atomic mass is 10.0. The number of rotatable bonds is 6. The second kappa shape index (κ2) is 6.88. The maximum atomic E-state index is 12.2. The number of nitrogens with two attached hydrogens (primary N) is 1. The third-order valence-corrected chi connectivity index (χ3v) is 5.01. The Kier molecular flexibility index (Phi) is 5.08. The molecule has 0 unspecified atom stereocenters. The van der Waals surface area contributed by atoms with Gasteiger partial charge in [-0.2, -0.15) is 0 Å². The molecule has 128 valence electrons. The van der Waals surface area contributed by atoms with Gasteiger partial charge in [-0.1, -0.05) is 24.3 Å². The monoisotopic (exact) mass is 349 g/mol. The van der Waals surface area contributed by atoms with Gasteiger partial charge in [0.1, 0.15) is 10.6 Å². The standard InChI is InChI=1S/C16H19N3O4S/c1-11-5-3-4-6-12(11)7-8-15(20)18-24(22,23)13-9-14(16(17)21)19(2)10-13/h3-6,9-10H,7-8H2,1-2H3,(H2,17,21)(H,18,20). The van der Waals surface area contributed by atoms with Crippen molar-refractivity contribution in [2.24, 2.45) is 12.8 Å². The molecule has 1 aromatic carbocycles. The van der Waals surface area contributed by atoms with Crippen molar-refractivity contribution in [1.82, 2.24) is 9.29 Å². The lowest BCUT2D eigenvalue weighted by molar-refractivity contribution is -0.119. The number of carbonyl (C=O) groups is 2. The average molecular weight is 349 g/mol. The molecule has 1 aromatic heterocycles. The van der Waals surface area contributed by atoms with E-state index in [1.165, 1.54) is 17.8 Å². The van der Waals surface area contributed by atoms with Gasteiger partial charge in [0.25, 0.3) is 15.9 Å². The first-order valence-corrected chi connectivity index (χ1v) is 8.75. The highest BCUT2D eigenvalue weighted by Crippen LogP contribution is 2.14. The highest BCUT2D eigenvalue weighted by Gasteiger charge is 2.21. The van der Waals surface area contributed by atoms with Crippen molar-refractivity contribution < 1.29 is 18.0 Å². The molecular formula is C16H19N3O4S. The van der Waals surface area contributed by atoms with Crippen LogP contribution in [-0.4, -0.2) is 24.8 Å². The first kappa shape index (κ1) is 17.7. The molecule has 0 fully saturated rings. The van der Waals surface area contributed by atoms with Crippen molar-refractivity contribution >= 4 is 21.8 Å². The maximum Gasteiger partial charge on any atom is 0.265 e. The molecule has 0 saturated heterocycles. The fraction of sp³-hybridized carbons (Fsp3) is 0.250. The van der Waals surface area contributed by atoms with E-state index in [4.69, 9.17) is 5.73 Å². The molecule has 2 amide bonds. The van der Waals surface area contributed by atoms with E-state index >= 15 is 0 Å². The van der Waals surface area contributed by atoms with E-state index in [1.807, 2.05) is 35.9 Å². The van der Waals surface area contributed by atoms with Crippen molar-refractivity contribution in [3.8, 4) is 0 Å². The van der Waals surface area contributed by atoms with Crippen LogP contribution in [-0.2, 0) is 28.3 Å². The van der Waals surface area contributed by atoms with Crippen molar-refractivity contribution in [2.75, 3.05) is 0 Å². The molecule has 3 N–H and O–H groups in total. The van der Waals surface area contributed by atoms with Crippen LogP contribution in [0.4, 0.5) is 0 Å². The molecule has 1 heterocycles. The number of hydrogen-bond acceptors (Lipinski definition) is 4. The zero-order chi connectivity index (χ0) is 17.9. The van der Waals surface area contributed by atoms with Gasteiger partial charge in [-0.15, -0.1) is 0 Å². The number of amides is 2. The van der Waals surface area contributed by atoms with Crippen LogP contribution in [0.25, 0.3) is 0 Å². The van der Waals surface area contributed by atoms with Crippen molar-refractivity contribution in [1.29, 1.82) is 0 Å². The Bertz CT molecular complexity index is 884. The van der Waals surface area contributed by atoms with Gasteiger partial charge in [0.15, 0.2) is 0 Å². The summed E-state index contributed by atoms with van der Waals surface area (Å²) in [6.07, 6.45) is 1.71. The quantitative estimate of drug-likeness (QED) is 0.806. The van der Waals surface area contributed by atoms with Gasteiger partial charge in [-0.25, -0.2) is 13.1 Å². The summed E-state index contributed by atoms with van der Waals surface area (Å²) in [5, 5.41) is 0. The lowest BCUT2D eigenvalue weighted by Crippen LogP contribution is -2.30. The highest BCUT2D eigenvalue weighted by molar-refractivity contribution is 7.90. The topological polar surface area (TPSA) is 111 Å². The summed E-state index contributed by atoms with van der Waals surface area (Å²) in [5.41, 5.74) is 7.23. The van der Waals surface area contributed by atoms with Gasteiger partial charge in [-0.3, -0.25) is 9.59 Å². The lowest BCUT2D eigenvalue weighted by Gasteiger charge is -2.07. The summed E-state index contributed by atoms with van der Waals surface area (Å²) in [6.45, 7) is 1.93. The van der Waals surface area contributed by atoms with Gasteiger partial charge in [-0.05, 0) is 30.5 Å². The van der Waals surface area contributed by atoms with Crippen LogP contribution in [0.1, 0.15) is 28.0 Å². The van der Waals surface area contributed by atoms with Gasteiger partial charge in [0.05, 0.1) is 0 Å². The van der Waals surface area contributed by atoms with Crippen molar-refractivity contribution in [3.63, 3.8) is 0 Å². The van der Waals surface area contributed by atoms with Gasteiger partial charge >= 0.3 is 0 Å². The predicted octanol–water partition coefficient (Wildman–Crippen LogP) is 0.870. The molecule has 0 bridgehead atoms. The first-order chi connectivity index (χ1) is 11.2. The largest absolute Gasteiger partial charge is 0.364 e. The number of benzene rings is 1. The number of carbonyl (C=O) groups excluding carboxylic acids is 2. The van der Waals surface area contributed by atoms with Gasteiger partial charge < -0.3 is 10.3 Å². The normalized spacial score (nSPS) is 11.2. The molecular weight excluding hydrogens is 330 g/mol. The first-order valence-electron chi connectivity index (χ1n) is 7.27. The second-order valence-electron chi connectivity index (χ2n) is 5.49. The highest BCUT2D eigenvalue weighted by atomic mass is 32.2. The van der Waals surface area contributed by atoms with Crippen LogP contribution in [0.3, 0.4) is 0 Å². The minimum absolute atomic E-state index is 0.0413. The maximum absolute atomic E-state index is 12.2. The van der Waals surface area contributed by atoms with E-state index in [0.717, 1.165) is 17.2 Å². The summed E-state index contributed by atoms with van der Waals surface area (Å²) >= 11 is 0. The number of aryl methyl sites for hydroxylation is 3. The fourth-order valence-electron chi connectivity index (χ4n) is 2.32. The number of aromatic nitrogens is 1. The Hall–Kier alpha value is -2.61. The molecule has 8 heteroatoms. The van der Waals surface area contributed by atoms with Crippen LogP contribution < -0.4 is 10.5 Å². The minimum Gasteiger partial charge on any atom is -0.364 e. The third-order valence-electron chi connectivity index (χ3n) is 3.67. The molecule has 0 spiro atoms. The predicted molar refractivity (Wildman–Crippen MR) is 88.8 cm³/mol. The number of nitrogens with one attached hydrogen (secondary N) is 1. The zero-order valence-electron chi connectivity index (χ0n) is 13.4. The van der Waals surface area contributed by atoms with Crippen molar-refractivity contribution in [2.45, 2.75) is 24.7 Å². The van der Waals surface area contributed by atoms with E-state index < -0.39 is 21.8 Å². The van der Waals surface area contributed by atoms with E-state index in [2.05, 4.69) is 0 Å². The second-order valence-corrected chi connectivity index (χ2v) is 7.17. The Morgan fingerprint density at radius 2 is 1.92 bits per heavy atom. The smallest absolute Gasteiger partial charge is 0.265 e. The van der Waals surface area contributed by atoms with E-state index in [-0.39, 0.29) is 17.0 Å². The summed E-state index contributed by atoms with van der Waals surface area (Å²) in [4.78, 5) is 23.0. The average Bonchev–Trinajstić information content (AvgIpc) is 2.89. The summed E-state index contributed by atoms with van der Waals surface area (Å²) in [6, 6.07) is 8.73. The number of hydrogen-bond donors (Lipinski definition) is 2. The van der Waals surface area contributed by atoms with Crippen LogP contribution in [0.5, 0.6) is 0 Å². The molecule has 7 nitrogen and oxygen atoms in total. The van der Waals surface area contributed by atoms with Crippen LogP contribution >= 0.6 is 0 Å². The summed E-state index contributed by atoms with van der Waals surface area (Å²) in [5.74, 6) is -1.35. The summed E-state index contributed by atoms with van der Waals surface area (Å²) in [7, 11) is -2.54. The molecule has 24 heavy (non-hydrogen) atoms. The molecule has 0 aliphatic carbocycles. The Morgan fingerprint density at radius 1 is 1.25 bits per heavy atom. The number of nitrogens with zero attached hydrogens (tertiary/aromatic N) is 1. The Labute approximate surface area is 140 Å². The molecule has 0 radical (unpaired) electrons.